The van der Waals surface area contributed by atoms with Gasteiger partial charge in [-0.1, -0.05) is 64.2 Å². The van der Waals surface area contributed by atoms with E-state index in [1.165, 1.54) is 17.9 Å². The number of ether oxygens (including phenoxy) is 1. The Kier molecular flexibility index (Phi) is 7.48. The highest BCUT2D eigenvalue weighted by Gasteiger charge is 1.93. The lowest BCUT2D eigenvalue weighted by atomic mass is 10.1. The summed E-state index contributed by atoms with van der Waals surface area (Å²) in [4.78, 5) is 9.59. The van der Waals surface area contributed by atoms with E-state index < -0.39 is 5.97 Å². The number of carboxylic acids is 1. The smallest absolute Gasteiger partial charge is 0.331 e. The summed E-state index contributed by atoms with van der Waals surface area (Å²) in [5.41, 5.74) is 2.06. The first-order valence-corrected chi connectivity index (χ1v) is 8.56. The summed E-state index contributed by atoms with van der Waals surface area (Å²) in [6, 6.07) is 22.7. The van der Waals surface area contributed by atoms with Crippen molar-refractivity contribution in [3.8, 4) is 11.8 Å². The highest BCUT2D eigenvalue weighted by Crippen LogP contribution is 2.15. The second-order valence-corrected chi connectivity index (χ2v) is 6.11. The van der Waals surface area contributed by atoms with Crippen molar-refractivity contribution in [2.24, 2.45) is 0 Å². The zero-order chi connectivity index (χ0) is 18.8. The maximum Gasteiger partial charge on any atom is 0.331 e. The van der Waals surface area contributed by atoms with E-state index in [9.17, 15) is 4.79 Å². The fraction of sp³-hybridized carbons (Fsp3) is 0.0455. The summed E-state index contributed by atoms with van der Waals surface area (Å²) in [7, 11) is 1.39. The van der Waals surface area contributed by atoms with Crippen LogP contribution in [0.4, 0.5) is 0 Å². The first-order valence-electron chi connectivity index (χ1n) is 7.77. The molecular weight excluding hydrogens is 392 g/mol. The van der Waals surface area contributed by atoms with Crippen LogP contribution in [-0.2, 0) is 9.53 Å². The maximum absolute atomic E-state index is 9.59. The van der Waals surface area contributed by atoms with E-state index in [-0.39, 0.29) is 0 Å². The second-order valence-electron chi connectivity index (χ2n) is 5.20. The highest BCUT2D eigenvalue weighted by atomic mass is 79.9. The number of carbonyl (C=O) groups is 1. The lowest BCUT2D eigenvalue weighted by molar-refractivity contribution is -0.131. The van der Waals surface area contributed by atoms with Crippen LogP contribution in [0.15, 0.2) is 83.5 Å². The molecule has 0 aliphatic carbocycles. The quantitative estimate of drug-likeness (QED) is 0.358. The largest absolute Gasteiger partial charge is 0.504 e. The molecule has 0 bridgehead atoms. The van der Waals surface area contributed by atoms with Crippen molar-refractivity contribution in [3.63, 3.8) is 0 Å². The molecule has 0 atom stereocenters. The molecule has 0 radical (unpaired) electrons. The van der Waals surface area contributed by atoms with Gasteiger partial charge in [-0.05, 0) is 41.1 Å². The van der Waals surface area contributed by atoms with Crippen LogP contribution in [0.3, 0.4) is 0 Å². The molecule has 0 amide bonds. The van der Waals surface area contributed by atoms with E-state index in [0.717, 1.165) is 27.9 Å². The Morgan fingerprint density at radius 3 is 2.27 bits per heavy atom. The molecule has 26 heavy (non-hydrogen) atoms. The third-order valence-electron chi connectivity index (χ3n) is 3.27. The minimum Gasteiger partial charge on any atom is -0.504 e. The van der Waals surface area contributed by atoms with Crippen molar-refractivity contribution in [2.45, 2.75) is 0 Å². The Labute approximate surface area is 161 Å². The van der Waals surface area contributed by atoms with Crippen LogP contribution in [0.2, 0.25) is 0 Å². The number of hydrogen-bond acceptors (Lipinski definition) is 2. The second kappa shape index (κ2) is 10.1. The van der Waals surface area contributed by atoms with Gasteiger partial charge in [-0.15, -0.1) is 0 Å². The minimum atomic E-state index is -0.998. The summed E-state index contributed by atoms with van der Waals surface area (Å²) >= 11 is 3.45. The molecule has 0 saturated carbocycles. The molecule has 0 aliphatic heterocycles. The predicted octanol–water partition coefficient (Wildman–Crippen LogP) is 5.23. The fourth-order valence-electron chi connectivity index (χ4n) is 2.10. The normalized spacial score (nSPS) is 9.77. The van der Waals surface area contributed by atoms with Gasteiger partial charge in [-0.3, -0.25) is 0 Å². The first kappa shape index (κ1) is 19.3. The molecule has 1 N–H and O–H groups in total. The van der Waals surface area contributed by atoms with Gasteiger partial charge in [0.2, 0.25) is 0 Å². The molecule has 3 rings (SSSR count). The topological polar surface area (TPSA) is 46.5 Å². The van der Waals surface area contributed by atoms with Crippen molar-refractivity contribution >= 4 is 32.7 Å². The molecule has 0 aliphatic rings. The van der Waals surface area contributed by atoms with Gasteiger partial charge in [0.1, 0.15) is 0 Å². The number of hydrogen-bond donors (Lipinski definition) is 1. The highest BCUT2D eigenvalue weighted by molar-refractivity contribution is 9.10. The summed E-state index contributed by atoms with van der Waals surface area (Å²) in [5.74, 6) is 5.40. The molecular formula is C22H17BrO3. The van der Waals surface area contributed by atoms with Crippen LogP contribution in [-0.4, -0.2) is 18.2 Å². The molecule has 0 spiro atoms. The average Bonchev–Trinajstić information content (AvgIpc) is 2.65. The van der Waals surface area contributed by atoms with Crippen molar-refractivity contribution in [1.82, 2.24) is 0 Å². The van der Waals surface area contributed by atoms with E-state index in [1.54, 1.807) is 0 Å². The SMILES string of the molecule is Brc1cccc(C#Cc2ccc3ccccc3c2)c1.COC=CC(=O)O. The Balaban J connectivity index is 0.000000298. The van der Waals surface area contributed by atoms with Crippen molar-refractivity contribution in [3.05, 3.63) is 94.7 Å². The molecule has 0 aromatic heterocycles. The van der Waals surface area contributed by atoms with E-state index in [2.05, 4.69) is 68.9 Å². The zero-order valence-electron chi connectivity index (χ0n) is 14.1. The zero-order valence-corrected chi connectivity index (χ0v) is 15.7. The Bertz CT molecular complexity index is 981. The van der Waals surface area contributed by atoms with Crippen LogP contribution in [0, 0.1) is 11.8 Å². The van der Waals surface area contributed by atoms with Gasteiger partial charge in [0.25, 0.3) is 0 Å². The van der Waals surface area contributed by atoms with Gasteiger partial charge in [0.15, 0.2) is 0 Å². The van der Waals surface area contributed by atoms with Gasteiger partial charge in [0, 0.05) is 15.6 Å². The number of aliphatic carboxylic acids is 1. The lowest BCUT2D eigenvalue weighted by Gasteiger charge is -1.97. The Hall–Kier alpha value is -3.03. The lowest BCUT2D eigenvalue weighted by Crippen LogP contribution is -1.85. The first-order chi connectivity index (χ1) is 12.6. The molecule has 3 nitrogen and oxygen atoms in total. The molecule has 0 fully saturated rings. The molecule has 0 unspecified atom stereocenters. The van der Waals surface area contributed by atoms with Crippen LogP contribution < -0.4 is 0 Å². The van der Waals surface area contributed by atoms with Gasteiger partial charge >= 0.3 is 5.97 Å². The molecule has 0 saturated heterocycles. The summed E-state index contributed by atoms with van der Waals surface area (Å²) in [5, 5.41) is 10.3. The van der Waals surface area contributed by atoms with E-state index >= 15 is 0 Å². The average molecular weight is 409 g/mol. The minimum absolute atomic E-state index is 0.917. The number of halogens is 1. The van der Waals surface area contributed by atoms with E-state index in [1.807, 2.05) is 30.3 Å². The summed E-state index contributed by atoms with van der Waals surface area (Å²) in [6.45, 7) is 0. The molecule has 4 heteroatoms. The summed E-state index contributed by atoms with van der Waals surface area (Å²) in [6.07, 6.45) is 2.02. The Morgan fingerprint density at radius 1 is 0.962 bits per heavy atom. The number of methoxy groups -OCH3 is 1. The number of fused-ring (bicyclic) bond motifs is 1. The fourth-order valence-corrected chi connectivity index (χ4v) is 2.50. The number of benzene rings is 3. The number of carboxylic acid groups (broad SMARTS) is 1. The summed E-state index contributed by atoms with van der Waals surface area (Å²) < 4.78 is 5.34. The van der Waals surface area contributed by atoms with Crippen molar-refractivity contribution in [1.29, 1.82) is 0 Å². The van der Waals surface area contributed by atoms with Gasteiger partial charge in [-0.25, -0.2) is 4.79 Å². The van der Waals surface area contributed by atoms with Gasteiger partial charge in [0.05, 0.1) is 19.4 Å². The van der Waals surface area contributed by atoms with Crippen LogP contribution in [0.1, 0.15) is 11.1 Å². The molecule has 3 aromatic carbocycles. The van der Waals surface area contributed by atoms with E-state index in [0.29, 0.717) is 0 Å². The van der Waals surface area contributed by atoms with Crippen LogP contribution in [0.5, 0.6) is 0 Å². The third-order valence-corrected chi connectivity index (χ3v) is 3.77. The predicted molar refractivity (Wildman–Crippen MR) is 108 cm³/mol. The van der Waals surface area contributed by atoms with Crippen molar-refractivity contribution < 1.29 is 14.6 Å². The molecule has 3 aromatic rings. The van der Waals surface area contributed by atoms with Crippen molar-refractivity contribution in [2.75, 3.05) is 7.11 Å². The van der Waals surface area contributed by atoms with Gasteiger partial charge in [-0.2, -0.15) is 0 Å². The van der Waals surface area contributed by atoms with E-state index in [4.69, 9.17) is 5.11 Å². The maximum atomic E-state index is 9.59. The Morgan fingerprint density at radius 2 is 1.65 bits per heavy atom. The van der Waals surface area contributed by atoms with Gasteiger partial charge < -0.3 is 9.84 Å². The molecule has 0 heterocycles. The monoisotopic (exact) mass is 408 g/mol. The standard InChI is InChI=1S/C18H11Br.C4H6O3/c19-18-7-3-4-14(13-18)8-9-15-10-11-16-5-1-2-6-17(16)12-15;1-7-3-2-4(5)6/h1-7,10-13H;2-3H,1H3,(H,5,6). The molecule has 130 valence electrons. The van der Waals surface area contributed by atoms with Crippen LogP contribution in [0.25, 0.3) is 10.8 Å². The third kappa shape index (κ3) is 6.46. The van der Waals surface area contributed by atoms with Crippen LogP contribution >= 0.6 is 15.9 Å². The number of rotatable bonds is 2.